The minimum Gasteiger partial charge on any atom is -0.368 e. The van der Waals surface area contributed by atoms with E-state index in [1.807, 2.05) is 11.8 Å². The van der Waals surface area contributed by atoms with Gasteiger partial charge in [-0.2, -0.15) is 11.8 Å². The van der Waals surface area contributed by atoms with Crippen LogP contribution in [0.5, 0.6) is 0 Å². The summed E-state index contributed by atoms with van der Waals surface area (Å²) >= 11 is 6.85. The topological polar surface area (TPSA) is 3.24 Å². The van der Waals surface area contributed by atoms with Gasteiger partial charge in [0.1, 0.15) is 0 Å². The maximum atomic E-state index is 4.82. The van der Waals surface area contributed by atoms with Crippen LogP contribution >= 0.6 is 24.0 Å². The van der Waals surface area contributed by atoms with Crippen molar-refractivity contribution in [2.24, 2.45) is 0 Å². The molecule has 0 saturated carbocycles. The maximum Gasteiger partial charge on any atom is 0.0641 e. The van der Waals surface area contributed by atoms with Gasteiger partial charge in [0.05, 0.1) is 5.49 Å². The summed E-state index contributed by atoms with van der Waals surface area (Å²) in [7, 11) is 0. The van der Waals surface area contributed by atoms with Gasteiger partial charge in [-0.15, -0.1) is 0 Å². The van der Waals surface area contributed by atoms with Crippen LogP contribution in [0.2, 0.25) is 0 Å². The molecule has 1 rings (SSSR count). The first-order valence-electron chi connectivity index (χ1n) is 3.20. The second-order valence-electron chi connectivity index (χ2n) is 2.11. The number of thiocarbonyl (C=S) groups is 1. The van der Waals surface area contributed by atoms with Gasteiger partial charge in [0, 0.05) is 18.8 Å². The van der Waals surface area contributed by atoms with Gasteiger partial charge in [0.25, 0.3) is 0 Å². The Balaban J connectivity index is 2.26. The molecule has 1 fully saturated rings. The van der Waals surface area contributed by atoms with E-state index in [4.69, 9.17) is 12.2 Å². The van der Waals surface area contributed by atoms with Crippen molar-refractivity contribution >= 4 is 29.5 Å². The monoisotopic (exact) mass is 161 g/mol. The van der Waals surface area contributed by atoms with Crippen LogP contribution in [0, 0.1) is 0 Å². The highest BCUT2D eigenvalue weighted by Gasteiger charge is 2.03. The van der Waals surface area contributed by atoms with Crippen LogP contribution in [-0.4, -0.2) is 35.0 Å². The Morgan fingerprint density at radius 1 is 1.33 bits per heavy atom. The van der Waals surface area contributed by atoms with Gasteiger partial charge in [-0.3, -0.25) is 0 Å². The summed E-state index contributed by atoms with van der Waals surface area (Å²) in [5.74, 6) is 2.55. The fourth-order valence-electron chi connectivity index (χ4n) is 0.871. The summed E-state index contributed by atoms with van der Waals surface area (Å²) in [5.41, 5.74) is 1.78. The molecule has 1 nitrogen and oxygen atoms in total. The predicted molar refractivity (Wildman–Crippen MR) is 47.2 cm³/mol. The van der Waals surface area contributed by atoms with Gasteiger partial charge in [0.15, 0.2) is 0 Å². The third kappa shape index (κ3) is 2.54. The zero-order valence-corrected chi connectivity index (χ0v) is 7.01. The van der Waals surface area contributed by atoms with E-state index >= 15 is 0 Å². The van der Waals surface area contributed by atoms with Crippen LogP contribution in [0.25, 0.3) is 0 Å². The molecule has 1 heterocycles. The zero-order valence-electron chi connectivity index (χ0n) is 5.38. The largest absolute Gasteiger partial charge is 0.368 e. The highest BCUT2D eigenvalue weighted by molar-refractivity contribution is 7.99. The number of hydrogen-bond acceptors (Lipinski definition) is 2. The molecule has 1 aliphatic rings. The number of thioether (sulfide) groups is 1. The van der Waals surface area contributed by atoms with Crippen LogP contribution < -0.4 is 0 Å². The minimum absolute atomic E-state index is 1.15. The van der Waals surface area contributed by atoms with E-state index in [1.54, 1.807) is 5.49 Å². The maximum absolute atomic E-state index is 4.82. The van der Waals surface area contributed by atoms with Crippen LogP contribution in [-0.2, 0) is 0 Å². The van der Waals surface area contributed by atoms with Gasteiger partial charge >= 0.3 is 0 Å². The fourth-order valence-corrected chi connectivity index (χ4v) is 1.98. The molecule has 0 aromatic heterocycles. The number of hydrogen-bond donors (Lipinski definition) is 0. The summed E-state index contributed by atoms with van der Waals surface area (Å²) in [6.45, 7) is 2.31. The van der Waals surface area contributed by atoms with Crippen LogP contribution in [0.3, 0.4) is 0 Å². The summed E-state index contributed by atoms with van der Waals surface area (Å²) in [5, 5.41) is 0. The third-order valence-corrected chi connectivity index (χ3v) is 2.75. The molecule has 52 valence electrons. The molecule has 0 bridgehead atoms. The lowest BCUT2D eigenvalue weighted by molar-refractivity contribution is 0.470. The van der Waals surface area contributed by atoms with Crippen LogP contribution in [0.4, 0.5) is 0 Å². The molecular weight excluding hydrogens is 150 g/mol. The molecule has 0 aromatic rings. The van der Waals surface area contributed by atoms with Crippen molar-refractivity contribution in [2.45, 2.75) is 6.42 Å². The van der Waals surface area contributed by atoms with Crippen molar-refractivity contribution in [3.05, 3.63) is 0 Å². The van der Waals surface area contributed by atoms with Gasteiger partial charge in [-0.1, -0.05) is 12.2 Å². The Morgan fingerprint density at radius 2 is 2.22 bits per heavy atom. The first kappa shape index (κ1) is 7.35. The second-order valence-corrected chi connectivity index (χ2v) is 3.54. The Bertz CT molecular complexity index is 87.1. The summed E-state index contributed by atoms with van der Waals surface area (Å²) in [6.07, 6.45) is 1.29. The quantitative estimate of drug-likeness (QED) is 0.535. The smallest absolute Gasteiger partial charge is 0.0641 e. The lowest BCUT2D eigenvalue weighted by atomic mass is 10.4. The number of nitrogens with zero attached hydrogens (tertiary/aromatic N) is 1. The lowest BCUT2D eigenvalue weighted by Gasteiger charge is -2.13. The average molecular weight is 161 g/mol. The molecule has 1 aliphatic heterocycles. The molecule has 0 N–H and O–H groups in total. The van der Waals surface area contributed by atoms with E-state index in [9.17, 15) is 0 Å². The van der Waals surface area contributed by atoms with Crippen LogP contribution in [0.15, 0.2) is 0 Å². The highest BCUT2D eigenvalue weighted by Crippen LogP contribution is 2.07. The van der Waals surface area contributed by atoms with Crippen molar-refractivity contribution in [1.82, 2.24) is 4.90 Å². The molecular formula is C6H11NS2. The average Bonchev–Trinajstić information content (AvgIpc) is 2.13. The highest BCUT2D eigenvalue weighted by atomic mass is 32.2. The first-order valence-corrected chi connectivity index (χ1v) is 4.83. The van der Waals surface area contributed by atoms with E-state index in [1.165, 1.54) is 17.9 Å². The molecule has 0 atom stereocenters. The van der Waals surface area contributed by atoms with E-state index in [0.29, 0.717) is 0 Å². The third-order valence-electron chi connectivity index (χ3n) is 1.41. The first-order chi connectivity index (χ1) is 4.43. The molecule has 1 saturated heterocycles. The van der Waals surface area contributed by atoms with Crippen LogP contribution in [0.1, 0.15) is 6.42 Å². The fraction of sp³-hybridized carbons (Fsp3) is 0.833. The van der Waals surface area contributed by atoms with E-state index in [-0.39, 0.29) is 0 Å². The van der Waals surface area contributed by atoms with Crippen molar-refractivity contribution in [1.29, 1.82) is 0 Å². The summed E-state index contributed by atoms with van der Waals surface area (Å²) in [6, 6.07) is 0. The zero-order chi connectivity index (χ0) is 6.53. The normalized spacial score (nSPS) is 21.1. The molecule has 0 amide bonds. The Kier molecular flexibility index (Phi) is 3.36. The molecule has 0 aliphatic carbocycles. The Hall–Kier alpha value is 0.240. The van der Waals surface area contributed by atoms with Gasteiger partial charge in [0.2, 0.25) is 0 Å². The molecule has 0 spiro atoms. The Labute approximate surface area is 65.8 Å². The summed E-state index contributed by atoms with van der Waals surface area (Å²) in [4.78, 5) is 2.22. The molecule has 3 heteroatoms. The second kappa shape index (κ2) is 4.12. The van der Waals surface area contributed by atoms with Crippen molar-refractivity contribution in [2.75, 3.05) is 24.6 Å². The molecule has 0 radical (unpaired) electrons. The molecule has 0 aromatic carbocycles. The molecule has 9 heavy (non-hydrogen) atoms. The van der Waals surface area contributed by atoms with Gasteiger partial charge in [-0.25, -0.2) is 0 Å². The lowest BCUT2D eigenvalue weighted by Crippen LogP contribution is -2.22. The van der Waals surface area contributed by atoms with E-state index in [2.05, 4.69) is 4.90 Å². The van der Waals surface area contributed by atoms with E-state index < -0.39 is 0 Å². The summed E-state index contributed by atoms with van der Waals surface area (Å²) < 4.78 is 0. The van der Waals surface area contributed by atoms with Crippen molar-refractivity contribution in [3.8, 4) is 0 Å². The Morgan fingerprint density at radius 3 is 3.00 bits per heavy atom. The van der Waals surface area contributed by atoms with Gasteiger partial charge < -0.3 is 4.90 Å². The van der Waals surface area contributed by atoms with Crippen molar-refractivity contribution < 1.29 is 0 Å². The predicted octanol–water partition coefficient (Wildman–Crippen LogP) is 1.38. The number of rotatable bonds is 1. The SMILES string of the molecule is S=CN1CCCSCC1. The van der Waals surface area contributed by atoms with E-state index in [0.717, 1.165) is 13.1 Å². The standard InChI is InChI=1S/C6H11NS2/c8-6-7-2-1-4-9-5-3-7/h6H,1-5H2. The van der Waals surface area contributed by atoms with Crippen molar-refractivity contribution in [3.63, 3.8) is 0 Å². The van der Waals surface area contributed by atoms with Gasteiger partial charge in [-0.05, 0) is 12.2 Å². The minimum atomic E-state index is 1.15. The molecule has 0 unspecified atom stereocenters.